The van der Waals surface area contributed by atoms with Gasteiger partial charge in [-0.05, 0) is 24.5 Å². The van der Waals surface area contributed by atoms with Crippen LogP contribution in [0.5, 0.6) is 0 Å². The fourth-order valence-electron chi connectivity index (χ4n) is 3.42. The summed E-state index contributed by atoms with van der Waals surface area (Å²) in [5.74, 6) is -0.580. The minimum atomic E-state index is -4.42. The van der Waals surface area contributed by atoms with E-state index in [1.54, 1.807) is 18.2 Å². The number of hydrogen-bond donors (Lipinski definition) is 2. The lowest BCUT2D eigenvalue weighted by molar-refractivity contribution is -0.128. The van der Waals surface area contributed by atoms with E-state index in [0.29, 0.717) is 18.4 Å². The first-order valence-corrected chi connectivity index (χ1v) is 8.09. The largest absolute Gasteiger partial charge is 0.465 e. The van der Waals surface area contributed by atoms with Gasteiger partial charge in [0.05, 0.1) is 12.5 Å². The maximum Gasteiger partial charge on any atom is 0.405 e. The number of fused-ring (bicyclic) bond motifs is 1. The lowest BCUT2D eigenvalue weighted by Crippen LogP contribution is -2.28. The van der Waals surface area contributed by atoms with E-state index in [4.69, 9.17) is 5.11 Å². The van der Waals surface area contributed by atoms with E-state index in [2.05, 4.69) is 10.3 Å². The summed E-state index contributed by atoms with van der Waals surface area (Å²) in [7, 11) is 0. The normalized spacial score (nSPS) is 20.3. The van der Waals surface area contributed by atoms with Crippen molar-refractivity contribution in [2.75, 3.05) is 0 Å². The number of carboxylic acid groups (broad SMARTS) is 1. The first-order valence-electron chi connectivity index (χ1n) is 8.09. The average molecular weight is 371 g/mol. The van der Waals surface area contributed by atoms with Gasteiger partial charge in [0, 0.05) is 24.4 Å². The molecule has 0 fully saturated rings. The van der Waals surface area contributed by atoms with E-state index in [-0.39, 0.29) is 24.0 Å². The van der Waals surface area contributed by atoms with E-state index < -0.39 is 30.5 Å². The van der Waals surface area contributed by atoms with Crippen molar-refractivity contribution in [3.63, 3.8) is 0 Å². The zero-order chi connectivity index (χ0) is 18.9. The van der Waals surface area contributed by atoms with Gasteiger partial charge in [-0.3, -0.25) is 0 Å². The zero-order valence-electron chi connectivity index (χ0n) is 13.6. The van der Waals surface area contributed by atoms with Crippen LogP contribution in [0, 0.1) is 5.82 Å². The predicted octanol–water partition coefficient (Wildman–Crippen LogP) is 4.01. The molecule has 0 aliphatic carbocycles. The Morgan fingerprint density at radius 1 is 1.31 bits per heavy atom. The Morgan fingerprint density at radius 3 is 2.69 bits per heavy atom. The summed E-state index contributed by atoms with van der Waals surface area (Å²) in [4.78, 5) is 15.1. The number of imidazole rings is 1. The molecule has 0 unspecified atom stereocenters. The van der Waals surface area contributed by atoms with Gasteiger partial charge in [-0.1, -0.05) is 18.2 Å². The minimum absolute atomic E-state index is 0.0621. The second-order valence-electron chi connectivity index (χ2n) is 6.31. The van der Waals surface area contributed by atoms with Crippen LogP contribution in [-0.4, -0.2) is 26.9 Å². The van der Waals surface area contributed by atoms with Crippen LogP contribution in [0.4, 0.5) is 22.4 Å². The van der Waals surface area contributed by atoms with Gasteiger partial charge >= 0.3 is 12.3 Å². The van der Waals surface area contributed by atoms with Crippen LogP contribution in [0.3, 0.4) is 0 Å². The van der Waals surface area contributed by atoms with Gasteiger partial charge in [0.2, 0.25) is 0 Å². The zero-order valence-corrected chi connectivity index (χ0v) is 13.6. The summed E-state index contributed by atoms with van der Waals surface area (Å²) in [5.41, 5.74) is 0.342. The third-order valence-electron chi connectivity index (χ3n) is 4.51. The molecule has 1 amide bonds. The van der Waals surface area contributed by atoms with Crippen LogP contribution in [0.15, 0.2) is 30.5 Å². The topological polar surface area (TPSA) is 67.2 Å². The van der Waals surface area contributed by atoms with Gasteiger partial charge in [0.25, 0.3) is 0 Å². The molecule has 0 radical (unpaired) electrons. The molecule has 2 N–H and O–H groups in total. The SMILES string of the molecule is O=C(O)N[C@@H]1CC[C@@H](c2ccccc2F)Cn2c(CC(F)(F)F)cnc21. The standard InChI is InChI=1S/C17H17F4N3O2/c18-13-4-2-1-3-12(13)10-5-6-14(23-16(25)26)15-22-8-11(24(15)9-10)7-17(19,20)21/h1-4,8,10,14,23H,5-7,9H2,(H,25,26)/t10-,14-/m1/s1. The van der Waals surface area contributed by atoms with Crippen molar-refractivity contribution in [1.29, 1.82) is 0 Å². The summed E-state index contributed by atoms with van der Waals surface area (Å²) in [5, 5.41) is 11.3. The van der Waals surface area contributed by atoms with Gasteiger partial charge in [-0.15, -0.1) is 0 Å². The molecule has 0 bridgehead atoms. The molecule has 0 spiro atoms. The Kier molecular flexibility index (Phi) is 4.88. The van der Waals surface area contributed by atoms with Gasteiger partial charge in [0.1, 0.15) is 11.6 Å². The molecular weight excluding hydrogens is 354 g/mol. The highest BCUT2D eigenvalue weighted by atomic mass is 19.4. The van der Waals surface area contributed by atoms with E-state index in [9.17, 15) is 22.4 Å². The number of halogens is 4. The summed E-state index contributed by atoms with van der Waals surface area (Å²) in [6, 6.07) is 5.37. The molecule has 2 heterocycles. The maximum atomic E-state index is 14.2. The Morgan fingerprint density at radius 2 is 2.04 bits per heavy atom. The third-order valence-corrected chi connectivity index (χ3v) is 4.51. The highest BCUT2D eigenvalue weighted by Gasteiger charge is 2.34. The molecule has 2 atom stereocenters. The van der Waals surface area contributed by atoms with E-state index in [0.717, 1.165) is 6.20 Å². The molecule has 140 valence electrons. The Hall–Kier alpha value is -2.58. The molecule has 1 aliphatic heterocycles. The summed E-state index contributed by atoms with van der Waals surface area (Å²) < 4.78 is 54.2. The average Bonchev–Trinajstić information content (AvgIpc) is 2.81. The molecule has 1 aromatic carbocycles. The third kappa shape index (κ3) is 3.97. The first kappa shape index (κ1) is 18.2. The quantitative estimate of drug-likeness (QED) is 0.801. The number of amides is 1. The van der Waals surface area contributed by atoms with Crippen molar-refractivity contribution in [2.24, 2.45) is 0 Å². The summed E-state index contributed by atoms with van der Waals surface area (Å²) in [6.45, 7) is 0.111. The molecule has 1 aromatic heterocycles. The number of benzene rings is 1. The van der Waals surface area contributed by atoms with E-state index >= 15 is 0 Å². The van der Waals surface area contributed by atoms with Crippen molar-refractivity contribution < 1.29 is 27.5 Å². The first-order chi connectivity index (χ1) is 12.2. The number of nitrogens with one attached hydrogen (secondary N) is 1. The fourth-order valence-corrected chi connectivity index (χ4v) is 3.42. The van der Waals surface area contributed by atoms with Crippen LogP contribution in [0.25, 0.3) is 0 Å². The van der Waals surface area contributed by atoms with E-state index in [1.807, 2.05) is 0 Å². The van der Waals surface area contributed by atoms with Crippen LogP contribution >= 0.6 is 0 Å². The molecule has 3 rings (SSSR count). The second kappa shape index (κ2) is 6.97. The van der Waals surface area contributed by atoms with Crippen molar-refractivity contribution >= 4 is 6.09 Å². The number of hydrogen-bond acceptors (Lipinski definition) is 2. The van der Waals surface area contributed by atoms with Crippen molar-refractivity contribution in [3.05, 3.63) is 53.4 Å². The molecular formula is C17H17F4N3O2. The molecule has 5 nitrogen and oxygen atoms in total. The van der Waals surface area contributed by atoms with Gasteiger partial charge < -0.3 is 15.0 Å². The van der Waals surface area contributed by atoms with Crippen molar-refractivity contribution in [1.82, 2.24) is 14.9 Å². The number of rotatable bonds is 3. The smallest absolute Gasteiger partial charge is 0.405 e. The number of nitrogens with zero attached hydrogens (tertiary/aromatic N) is 2. The Labute approximate surface area is 146 Å². The van der Waals surface area contributed by atoms with Gasteiger partial charge in [-0.25, -0.2) is 14.2 Å². The lowest BCUT2D eigenvalue weighted by Gasteiger charge is -2.18. The molecule has 26 heavy (non-hydrogen) atoms. The molecule has 2 aromatic rings. The van der Waals surface area contributed by atoms with Crippen LogP contribution in [0.2, 0.25) is 0 Å². The highest BCUT2D eigenvalue weighted by molar-refractivity contribution is 5.65. The number of aromatic nitrogens is 2. The van der Waals surface area contributed by atoms with Crippen molar-refractivity contribution in [3.8, 4) is 0 Å². The lowest BCUT2D eigenvalue weighted by atomic mass is 9.93. The monoisotopic (exact) mass is 371 g/mol. The predicted molar refractivity (Wildman–Crippen MR) is 84.3 cm³/mol. The summed E-state index contributed by atoms with van der Waals surface area (Å²) >= 11 is 0. The van der Waals surface area contributed by atoms with Crippen LogP contribution < -0.4 is 5.32 Å². The van der Waals surface area contributed by atoms with Crippen molar-refractivity contribution in [2.45, 2.75) is 43.9 Å². The summed E-state index contributed by atoms with van der Waals surface area (Å²) in [6.07, 6.45) is -5.04. The Bertz CT molecular complexity index is 804. The number of alkyl halides is 3. The maximum absolute atomic E-state index is 14.2. The molecule has 0 saturated heterocycles. The highest BCUT2D eigenvalue weighted by Crippen LogP contribution is 2.35. The van der Waals surface area contributed by atoms with Crippen LogP contribution in [-0.2, 0) is 13.0 Å². The Balaban J connectivity index is 2.00. The number of carbonyl (C=O) groups is 1. The van der Waals surface area contributed by atoms with E-state index in [1.165, 1.54) is 10.6 Å². The molecule has 1 aliphatic rings. The second-order valence-corrected chi connectivity index (χ2v) is 6.31. The molecule has 0 saturated carbocycles. The van der Waals surface area contributed by atoms with Gasteiger partial charge in [-0.2, -0.15) is 13.2 Å². The van der Waals surface area contributed by atoms with Crippen LogP contribution in [0.1, 0.15) is 41.9 Å². The van der Waals surface area contributed by atoms with Gasteiger partial charge in [0.15, 0.2) is 0 Å². The molecule has 9 heteroatoms. The minimum Gasteiger partial charge on any atom is -0.465 e. The fraction of sp³-hybridized carbons (Fsp3) is 0.412.